The molecule has 0 atom stereocenters. The van der Waals surface area contributed by atoms with Crippen LogP contribution in [0.15, 0.2) is 71.6 Å². The van der Waals surface area contributed by atoms with Gasteiger partial charge >= 0.3 is 0 Å². The fourth-order valence-corrected chi connectivity index (χ4v) is 4.12. The standard InChI is InChI=1S/C23H22N4O4S/c1-15-8-11-17(12-9-15)32(28,29)27-23-22(25-18-6-4-5-7-19(18)26-23)24-16-10-13-20(30-2)21(14-16)31-3/h4-14H,1-3H3,(H,24,25)(H,26,27). The lowest BCUT2D eigenvalue weighted by Crippen LogP contribution is -2.16. The second-order valence-electron chi connectivity index (χ2n) is 7.02. The molecule has 1 aromatic heterocycles. The van der Waals surface area contributed by atoms with E-state index in [2.05, 4.69) is 20.0 Å². The Balaban J connectivity index is 1.76. The van der Waals surface area contributed by atoms with Crippen molar-refractivity contribution in [2.45, 2.75) is 11.8 Å². The highest BCUT2D eigenvalue weighted by atomic mass is 32.2. The quantitative estimate of drug-likeness (QED) is 0.427. The minimum absolute atomic E-state index is 0.0825. The second-order valence-corrected chi connectivity index (χ2v) is 8.71. The fourth-order valence-electron chi connectivity index (χ4n) is 3.11. The minimum Gasteiger partial charge on any atom is -0.493 e. The number of aryl methyl sites for hydroxylation is 1. The molecule has 0 unspecified atom stereocenters. The summed E-state index contributed by atoms with van der Waals surface area (Å²) in [5.41, 5.74) is 2.77. The van der Waals surface area contributed by atoms with Crippen molar-refractivity contribution in [2.75, 3.05) is 24.3 Å². The zero-order chi connectivity index (χ0) is 22.7. The number of ether oxygens (including phenoxy) is 2. The van der Waals surface area contributed by atoms with Crippen molar-refractivity contribution >= 4 is 38.4 Å². The number of nitrogens with zero attached hydrogens (tertiary/aromatic N) is 2. The van der Waals surface area contributed by atoms with Gasteiger partial charge in [-0.3, -0.25) is 4.72 Å². The Hall–Kier alpha value is -3.85. The molecule has 0 fully saturated rings. The van der Waals surface area contributed by atoms with E-state index in [-0.39, 0.29) is 16.5 Å². The maximum Gasteiger partial charge on any atom is 0.263 e. The Morgan fingerprint density at radius 3 is 2.03 bits per heavy atom. The van der Waals surface area contributed by atoms with Gasteiger partial charge in [-0.1, -0.05) is 29.8 Å². The molecule has 4 aromatic rings. The minimum atomic E-state index is -3.87. The number of para-hydroxylation sites is 2. The van der Waals surface area contributed by atoms with Crippen LogP contribution < -0.4 is 19.5 Å². The Kier molecular flexibility index (Phi) is 5.83. The lowest BCUT2D eigenvalue weighted by atomic mass is 10.2. The van der Waals surface area contributed by atoms with Gasteiger partial charge in [0.2, 0.25) is 0 Å². The molecule has 0 spiro atoms. The average molecular weight is 451 g/mol. The number of benzene rings is 3. The third kappa shape index (κ3) is 4.42. The molecule has 0 aliphatic carbocycles. The van der Waals surface area contributed by atoms with Gasteiger partial charge in [0.05, 0.1) is 30.1 Å². The molecule has 164 valence electrons. The first-order chi connectivity index (χ1) is 15.4. The van der Waals surface area contributed by atoms with E-state index in [9.17, 15) is 8.42 Å². The van der Waals surface area contributed by atoms with Crippen molar-refractivity contribution in [3.63, 3.8) is 0 Å². The van der Waals surface area contributed by atoms with Crippen LogP contribution in [0.1, 0.15) is 5.56 Å². The molecule has 1 heterocycles. The number of hydrogen-bond donors (Lipinski definition) is 2. The largest absolute Gasteiger partial charge is 0.493 e. The van der Waals surface area contributed by atoms with E-state index in [1.807, 2.05) is 19.1 Å². The summed E-state index contributed by atoms with van der Waals surface area (Å²) in [6, 6.07) is 19.1. The number of sulfonamides is 1. The first kappa shape index (κ1) is 21.4. The predicted molar refractivity (Wildman–Crippen MR) is 124 cm³/mol. The number of methoxy groups -OCH3 is 2. The number of hydrogen-bond acceptors (Lipinski definition) is 7. The van der Waals surface area contributed by atoms with Crippen LogP contribution in [0.2, 0.25) is 0 Å². The highest BCUT2D eigenvalue weighted by molar-refractivity contribution is 7.92. The van der Waals surface area contributed by atoms with Gasteiger partial charge in [0.1, 0.15) is 0 Å². The molecule has 0 radical (unpaired) electrons. The summed E-state index contributed by atoms with van der Waals surface area (Å²) in [4.78, 5) is 9.23. The third-order valence-electron chi connectivity index (χ3n) is 4.78. The number of nitrogens with one attached hydrogen (secondary N) is 2. The SMILES string of the molecule is COc1ccc(Nc2nc3ccccc3nc2NS(=O)(=O)c2ccc(C)cc2)cc1OC. The van der Waals surface area contributed by atoms with Crippen LogP contribution in [0.25, 0.3) is 11.0 Å². The topological polar surface area (TPSA) is 102 Å². The van der Waals surface area contributed by atoms with Gasteiger partial charge in [-0.15, -0.1) is 0 Å². The monoisotopic (exact) mass is 450 g/mol. The van der Waals surface area contributed by atoms with E-state index in [1.165, 1.54) is 0 Å². The highest BCUT2D eigenvalue weighted by Gasteiger charge is 2.19. The van der Waals surface area contributed by atoms with Gasteiger partial charge < -0.3 is 14.8 Å². The molecular formula is C23H22N4O4S. The summed E-state index contributed by atoms with van der Waals surface area (Å²) in [5, 5.41) is 3.14. The van der Waals surface area contributed by atoms with Crippen molar-refractivity contribution in [1.29, 1.82) is 0 Å². The molecule has 0 aliphatic heterocycles. The molecular weight excluding hydrogens is 428 g/mol. The van der Waals surface area contributed by atoms with Gasteiger partial charge in [-0.05, 0) is 43.3 Å². The van der Waals surface area contributed by atoms with Crippen molar-refractivity contribution in [3.8, 4) is 11.5 Å². The maximum atomic E-state index is 13.0. The van der Waals surface area contributed by atoms with Gasteiger partial charge in [-0.2, -0.15) is 0 Å². The molecule has 0 saturated heterocycles. The van der Waals surface area contributed by atoms with Crippen molar-refractivity contribution in [1.82, 2.24) is 9.97 Å². The molecule has 32 heavy (non-hydrogen) atoms. The average Bonchev–Trinajstić information content (AvgIpc) is 2.79. The molecule has 0 saturated carbocycles. The van der Waals surface area contributed by atoms with Crippen LogP contribution in [-0.2, 0) is 10.0 Å². The fraction of sp³-hybridized carbons (Fsp3) is 0.130. The van der Waals surface area contributed by atoms with Crippen LogP contribution in [0, 0.1) is 6.92 Å². The predicted octanol–water partition coefficient (Wildman–Crippen LogP) is 4.50. The van der Waals surface area contributed by atoms with E-state index < -0.39 is 10.0 Å². The normalized spacial score (nSPS) is 11.2. The zero-order valence-corrected chi connectivity index (χ0v) is 18.6. The summed E-state index contributed by atoms with van der Waals surface area (Å²) in [6.07, 6.45) is 0. The molecule has 8 nitrogen and oxygen atoms in total. The van der Waals surface area contributed by atoms with Crippen molar-refractivity contribution < 1.29 is 17.9 Å². The summed E-state index contributed by atoms with van der Waals surface area (Å²) >= 11 is 0. The third-order valence-corrected chi connectivity index (χ3v) is 6.13. The van der Waals surface area contributed by atoms with Crippen LogP contribution >= 0.6 is 0 Å². The Labute approximate surface area is 186 Å². The van der Waals surface area contributed by atoms with E-state index in [0.717, 1.165) is 5.56 Å². The first-order valence-corrected chi connectivity index (χ1v) is 11.2. The van der Waals surface area contributed by atoms with Crippen LogP contribution in [0.3, 0.4) is 0 Å². The van der Waals surface area contributed by atoms with Crippen LogP contribution in [0.4, 0.5) is 17.3 Å². The smallest absolute Gasteiger partial charge is 0.263 e. The number of rotatable bonds is 7. The Morgan fingerprint density at radius 1 is 0.781 bits per heavy atom. The Morgan fingerprint density at radius 2 is 1.41 bits per heavy atom. The molecule has 0 aliphatic rings. The molecule has 0 bridgehead atoms. The summed E-state index contributed by atoms with van der Waals surface area (Å²) < 4.78 is 39.2. The van der Waals surface area contributed by atoms with E-state index >= 15 is 0 Å². The highest BCUT2D eigenvalue weighted by Crippen LogP contribution is 2.33. The van der Waals surface area contributed by atoms with Gasteiger partial charge in [0.15, 0.2) is 23.1 Å². The van der Waals surface area contributed by atoms with Crippen LogP contribution in [-0.4, -0.2) is 32.6 Å². The zero-order valence-electron chi connectivity index (χ0n) is 17.8. The van der Waals surface area contributed by atoms with E-state index in [1.54, 1.807) is 68.8 Å². The molecule has 3 aromatic carbocycles. The summed E-state index contributed by atoms with van der Waals surface area (Å²) in [5.74, 6) is 1.43. The lowest BCUT2D eigenvalue weighted by molar-refractivity contribution is 0.355. The number of aromatic nitrogens is 2. The van der Waals surface area contributed by atoms with Gasteiger partial charge in [0.25, 0.3) is 10.0 Å². The van der Waals surface area contributed by atoms with E-state index in [4.69, 9.17) is 9.47 Å². The molecule has 2 N–H and O–H groups in total. The summed E-state index contributed by atoms with van der Waals surface area (Å²) in [7, 11) is -0.781. The molecule has 4 rings (SSSR count). The van der Waals surface area contributed by atoms with Gasteiger partial charge in [-0.25, -0.2) is 18.4 Å². The lowest BCUT2D eigenvalue weighted by Gasteiger charge is -2.15. The summed E-state index contributed by atoms with van der Waals surface area (Å²) in [6.45, 7) is 1.89. The Bertz CT molecular complexity index is 1370. The second kappa shape index (κ2) is 8.72. The first-order valence-electron chi connectivity index (χ1n) is 9.75. The van der Waals surface area contributed by atoms with E-state index in [0.29, 0.717) is 28.2 Å². The number of anilines is 3. The van der Waals surface area contributed by atoms with Gasteiger partial charge in [0, 0.05) is 11.8 Å². The molecule has 9 heteroatoms. The van der Waals surface area contributed by atoms with Crippen molar-refractivity contribution in [3.05, 3.63) is 72.3 Å². The maximum absolute atomic E-state index is 13.0. The van der Waals surface area contributed by atoms with Crippen LogP contribution in [0.5, 0.6) is 11.5 Å². The molecule has 0 amide bonds. The number of fused-ring (bicyclic) bond motifs is 1. The van der Waals surface area contributed by atoms with Crippen molar-refractivity contribution in [2.24, 2.45) is 0 Å².